The number of hydrogen-bond donors (Lipinski definition) is 0. The van der Waals surface area contributed by atoms with Gasteiger partial charge in [0.25, 0.3) is 5.56 Å². The fraction of sp³-hybridized carbons (Fsp3) is 0.250. The van der Waals surface area contributed by atoms with E-state index in [0.717, 1.165) is 13.1 Å². The number of hydrogen-bond acceptors (Lipinski definition) is 2. The molecule has 1 heterocycles. The lowest BCUT2D eigenvalue weighted by Crippen LogP contribution is -2.27. The highest BCUT2D eigenvalue weighted by Gasteiger charge is 2.33. The molecule has 6 heteroatoms. The molecule has 0 unspecified atom stereocenters. The summed E-state index contributed by atoms with van der Waals surface area (Å²) in [5.74, 6) is 0. The topological polar surface area (TPSA) is 39.1 Å². The molecule has 1 aromatic rings. The van der Waals surface area contributed by atoms with E-state index >= 15 is 0 Å². The van der Waals surface area contributed by atoms with Crippen LogP contribution in [0.5, 0.6) is 0 Å². The highest BCUT2D eigenvalue weighted by molar-refractivity contribution is 5.73. The van der Waals surface area contributed by atoms with Crippen molar-refractivity contribution in [1.29, 1.82) is 0 Å². The second-order valence-electron chi connectivity index (χ2n) is 2.65. The molecule has 14 heavy (non-hydrogen) atoms. The number of nitrogens with zero attached hydrogens (tertiary/aromatic N) is 1. The summed E-state index contributed by atoms with van der Waals surface area (Å²) in [6.45, 7) is 0. The highest BCUT2D eigenvalue weighted by atomic mass is 19.4. The smallest absolute Gasteiger partial charge is 0.307 e. The van der Waals surface area contributed by atoms with Crippen molar-refractivity contribution in [3.63, 3.8) is 0 Å². The molecule has 0 amide bonds. The largest absolute Gasteiger partial charge is 0.431 e. The van der Waals surface area contributed by atoms with Crippen molar-refractivity contribution in [2.75, 3.05) is 0 Å². The number of rotatable bonds is 1. The summed E-state index contributed by atoms with van der Waals surface area (Å²) in [6, 6.07) is 1.56. The van der Waals surface area contributed by atoms with Crippen LogP contribution in [0.1, 0.15) is 16.1 Å². The molecule has 1 rings (SSSR count). The fourth-order valence-corrected chi connectivity index (χ4v) is 1.03. The first-order valence-electron chi connectivity index (χ1n) is 3.60. The molecule has 0 saturated heterocycles. The second-order valence-corrected chi connectivity index (χ2v) is 2.65. The zero-order valence-corrected chi connectivity index (χ0v) is 7.13. The molecule has 0 N–H and O–H groups in total. The van der Waals surface area contributed by atoms with Gasteiger partial charge in [-0.1, -0.05) is 0 Å². The number of aldehydes is 1. The molecule has 0 atom stereocenters. The lowest BCUT2D eigenvalue weighted by atomic mass is 10.2. The third-order valence-corrected chi connectivity index (χ3v) is 1.75. The van der Waals surface area contributed by atoms with Gasteiger partial charge in [-0.3, -0.25) is 9.59 Å². The minimum Gasteiger partial charge on any atom is -0.307 e. The van der Waals surface area contributed by atoms with E-state index in [1.165, 1.54) is 0 Å². The number of carbonyl (C=O) groups is 1. The van der Waals surface area contributed by atoms with Crippen molar-refractivity contribution in [1.82, 2.24) is 4.57 Å². The highest BCUT2D eigenvalue weighted by Crippen LogP contribution is 2.27. The Balaban J connectivity index is 3.47. The van der Waals surface area contributed by atoms with Crippen molar-refractivity contribution in [2.24, 2.45) is 7.05 Å². The van der Waals surface area contributed by atoms with Crippen molar-refractivity contribution in [3.8, 4) is 0 Å². The molecule has 0 fully saturated rings. The first-order valence-corrected chi connectivity index (χ1v) is 3.60. The number of pyridine rings is 1. The van der Waals surface area contributed by atoms with Gasteiger partial charge in [-0.25, -0.2) is 0 Å². The van der Waals surface area contributed by atoms with Gasteiger partial charge in [0.2, 0.25) is 0 Å². The summed E-state index contributed by atoms with van der Waals surface area (Å²) in [5, 5.41) is 0. The van der Waals surface area contributed by atoms with E-state index in [0.29, 0.717) is 10.6 Å². The Bertz CT molecular complexity index is 420. The van der Waals surface area contributed by atoms with Gasteiger partial charge in [-0.15, -0.1) is 0 Å². The molecule has 3 nitrogen and oxygen atoms in total. The van der Waals surface area contributed by atoms with Gasteiger partial charge in [0.15, 0.2) is 6.29 Å². The average Bonchev–Trinajstić information content (AvgIpc) is 2.07. The molecule has 76 valence electrons. The molecule has 0 saturated carbocycles. The average molecular weight is 205 g/mol. The van der Waals surface area contributed by atoms with Gasteiger partial charge < -0.3 is 4.57 Å². The fourth-order valence-electron chi connectivity index (χ4n) is 1.03. The van der Waals surface area contributed by atoms with Crippen LogP contribution in [-0.2, 0) is 13.2 Å². The summed E-state index contributed by atoms with van der Waals surface area (Å²) in [5.41, 5.74) is -2.32. The van der Waals surface area contributed by atoms with Crippen LogP contribution >= 0.6 is 0 Å². The van der Waals surface area contributed by atoms with Crippen LogP contribution in [0.4, 0.5) is 13.2 Å². The van der Waals surface area contributed by atoms with Crippen LogP contribution in [0, 0.1) is 0 Å². The molecule has 0 aromatic carbocycles. The van der Waals surface area contributed by atoms with E-state index < -0.39 is 17.4 Å². The van der Waals surface area contributed by atoms with Gasteiger partial charge >= 0.3 is 6.18 Å². The van der Waals surface area contributed by atoms with Gasteiger partial charge in [-0.2, -0.15) is 13.2 Å². The number of halogens is 3. The van der Waals surface area contributed by atoms with E-state index in [1.807, 2.05) is 0 Å². The van der Waals surface area contributed by atoms with Gasteiger partial charge in [0.05, 0.1) is 5.56 Å². The standard InChI is InChI=1S/C8H6F3NO2/c1-12-6(8(9,10)11)3-2-5(4-13)7(12)14/h2-4H,1H3. The Morgan fingerprint density at radius 1 is 1.36 bits per heavy atom. The molecular weight excluding hydrogens is 199 g/mol. The van der Waals surface area contributed by atoms with Crippen molar-refractivity contribution in [3.05, 3.63) is 33.7 Å². The predicted octanol–water partition coefficient (Wildman–Crippen LogP) is 1.22. The molecular formula is C8H6F3NO2. The van der Waals surface area contributed by atoms with E-state index in [1.54, 1.807) is 0 Å². The van der Waals surface area contributed by atoms with Crippen LogP contribution in [-0.4, -0.2) is 10.9 Å². The molecule has 0 aliphatic rings. The van der Waals surface area contributed by atoms with E-state index in [-0.39, 0.29) is 11.8 Å². The first-order chi connectivity index (χ1) is 6.38. The van der Waals surface area contributed by atoms with E-state index in [2.05, 4.69) is 0 Å². The lowest BCUT2D eigenvalue weighted by molar-refractivity contribution is -0.143. The molecule has 0 aliphatic carbocycles. The summed E-state index contributed by atoms with van der Waals surface area (Å²) in [7, 11) is 0.970. The Morgan fingerprint density at radius 2 is 1.93 bits per heavy atom. The third kappa shape index (κ3) is 1.68. The zero-order chi connectivity index (χ0) is 10.9. The minimum atomic E-state index is -4.59. The second kappa shape index (κ2) is 3.28. The Morgan fingerprint density at radius 3 is 2.36 bits per heavy atom. The van der Waals surface area contributed by atoms with Gasteiger partial charge in [-0.05, 0) is 12.1 Å². The SMILES string of the molecule is Cn1c(C(F)(F)F)ccc(C=O)c1=O. The van der Waals surface area contributed by atoms with Gasteiger partial charge in [0, 0.05) is 7.05 Å². The molecule has 0 spiro atoms. The first kappa shape index (κ1) is 10.5. The van der Waals surface area contributed by atoms with Crippen molar-refractivity contribution >= 4 is 6.29 Å². The maximum Gasteiger partial charge on any atom is 0.431 e. The Labute approximate surface area is 76.8 Å². The van der Waals surface area contributed by atoms with Crippen LogP contribution < -0.4 is 5.56 Å². The Hall–Kier alpha value is -1.59. The molecule has 0 bridgehead atoms. The molecule has 0 radical (unpaired) electrons. The normalized spacial score (nSPS) is 11.4. The summed E-state index contributed by atoms with van der Waals surface area (Å²) < 4.78 is 37.1. The summed E-state index contributed by atoms with van der Waals surface area (Å²) in [6.07, 6.45) is -4.36. The number of alkyl halides is 3. The van der Waals surface area contributed by atoms with Crippen LogP contribution in [0.3, 0.4) is 0 Å². The van der Waals surface area contributed by atoms with E-state index in [9.17, 15) is 22.8 Å². The van der Waals surface area contributed by atoms with Crippen molar-refractivity contribution < 1.29 is 18.0 Å². The number of carbonyl (C=O) groups excluding carboxylic acids is 1. The predicted molar refractivity (Wildman–Crippen MR) is 42.1 cm³/mol. The number of aromatic nitrogens is 1. The van der Waals surface area contributed by atoms with Crippen molar-refractivity contribution in [2.45, 2.75) is 6.18 Å². The monoisotopic (exact) mass is 205 g/mol. The maximum atomic E-state index is 12.2. The molecule has 1 aromatic heterocycles. The minimum absolute atomic E-state index is 0.225. The zero-order valence-electron chi connectivity index (χ0n) is 7.13. The summed E-state index contributed by atoms with van der Waals surface area (Å²) in [4.78, 5) is 21.3. The third-order valence-electron chi connectivity index (χ3n) is 1.75. The quantitative estimate of drug-likeness (QED) is 0.646. The van der Waals surface area contributed by atoms with Gasteiger partial charge in [0.1, 0.15) is 5.69 Å². The summed E-state index contributed by atoms with van der Waals surface area (Å²) >= 11 is 0. The maximum absolute atomic E-state index is 12.2. The Kier molecular flexibility index (Phi) is 2.46. The van der Waals surface area contributed by atoms with Crippen LogP contribution in [0.2, 0.25) is 0 Å². The molecule has 0 aliphatic heterocycles. The lowest BCUT2D eigenvalue weighted by Gasteiger charge is -2.11. The van der Waals surface area contributed by atoms with Crippen LogP contribution in [0.25, 0.3) is 0 Å². The van der Waals surface area contributed by atoms with E-state index in [4.69, 9.17) is 0 Å². The van der Waals surface area contributed by atoms with Crippen LogP contribution in [0.15, 0.2) is 16.9 Å².